The number of hydrazine groups is 1. The molecule has 1 saturated heterocycles. The van der Waals surface area contributed by atoms with Crippen molar-refractivity contribution in [1.82, 2.24) is 5.01 Å². The fourth-order valence-electron chi connectivity index (χ4n) is 2.99. The lowest BCUT2D eigenvalue weighted by Crippen LogP contribution is -2.34. The zero-order valence-electron chi connectivity index (χ0n) is 13.6. The molecular weight excluding hydrogens is 289 g/mol. The standard InChI is InChI=1S/C16H24BN5O/c1-22(20)16(21-19)14-2-4-15(5-3-14)23-11-8-13-6-9-17(12-18)10-7-13/h2-5,13H,6-11,19-20H2,1H3/b21-16-. The first-order valence-electron chi connectivity index (χ1n) is 8.03. The van der Waals surface area contributed by atoms with Gasteiger partial charge < -0.3 is 10.6 Å². The number of hydrogen-bond acceptors (Lipinski definition) is 5. The first-order chi connectivity index (χ1) is 11.1. The molecule has 0 aromatic heterocycles. The van der Waals surface area contributed by atoms with Gasteiger partial charge in [-0.15, -0.1) is 0 Å². The summed E-state index contributed by atoms with van der Waals surface area (Å²) in [5.74, 6) is 15.4. The maximum absolute atomic E-state index is 8.91. The fraction of sp³-hybridized carbons (Fsp3) is 0.500. The van der Waals surface area contributed by atoms with Crippen molar-refractivity contribution in [2.24, 2.45) is 22.7 Å². The molecule has 0 radical (unpaired) electrons. The first kappa shape index (κ1) is 17.2. The molecular formula is C16H24BN5O. The maximum atomic E-state index is 8.91. The Balaban J connectivity index is 1.78. The van der Waals surface area contributed by atoms with Crippen LogP contribution in [-0.4, -0.2) is 31.2 Å². The SMILES string of the molecule is CN(N)/C(=N\N)c1ccc(OCCC2CCB(C#N)CC2)cc1. The van der Waals surface area contributed by atoms with Crippen molar-refractivity contribution in [2.75, 3.05) is 13.7 Å². The van der Waals surface area contributed by atoms with E-state index in [0.29, 0.717) is 18.4 Å². The lowest BCUT2D eigenvalue weighted by atomic mass is 9.41. The Hall–Kier alpha value is -2.20. The lowest BCUT2D eigenvalue weighted by molar-refractivity contribution is 0.269. The normalized spacial score (nSPS) is 16.0. The molecule has 122 valence electrons. The average Bonchev–Trinajstić information content (AvgIpc) is 2.57. The van der Waals surface area contributed by atoms with Gasteiger partial charge in [-0.1, -0.05) is 25.5 Å². The van der Waals surface area contributed by atoms with E-state index < -0.39 is 0 Å². The number of nitriles is 1. The van der Waals surface area contributed by atoms with Crippen molar-refractivity contribution in [3.05, 3.63) is 29.8 Å². The maximum Gasteiger partial charge on any atom is 0.267 e. The minimum Gasteiger partial charge on any atom is -0.494 e. The Morgan fingerprint density at radius 2 is 2.04 bits per heavy atom. The van der Waals surface area contributed by atoms with Gasteiger partial charge in [0.1, 0.15) is 5.75 Å². The van der Waals surface area contributed by atoms with Crippen LogP contribution in [0.5, 0.6) is 5.75 Å². The van der Waals surface area contributed by atoms with Gasteiger partial charge in [-0.25, -0.2) is 11.1 Å². The van der Waals surface area contributed by atoms with E-state index in [0.717, 1.165) is 43.2 Å². The molecule has 0 amide bonds. The molecule has 1 fully saturated rings. The van der Waals surface area contributed by atoms with Crippen LogP contribution in [0.3, 0.4) is 0 Å². The number of hydrazone groups is 1. The summed E-state index contributed by atoms with van der Waals surface area (Å²) in [6.07, 6.45) is 5.38. The highest BCUT2D eigenvalue weighted by atomic mass is 16.5. The van der Waals surface area contributed by atoms with Gasteiger partial charge in [0.25, 0.3) is 6.71 Å². The molecule has 4 N–H and O–H groups in total. The molecule has 6 nitrogen and oxygen atoms in total. The van der Waals surface area contributed by atoms with E-state index in [1.807, 2.05) is 24.3 Å². The summed E-state index contributed by atoms with van der Waals surface area (Å²) in [5, 5.41) is 14.0. The summed E-state index contributed by atoms with van der Waals surface area (Å²) in [7, 11) is 1.69. The Labute approximate surface area is 138 Å². The van der Waals surface area contributed by atoms with Gasteiger partial charge in [-0.3, -0.25) is 5.01 Å². The van der Waals surface area contributed by atoms with Crippen LogP contribution in [0.4, 0.5) is 0 Å². The Bertz CT molecular complexity index is 559. The Morgan fingerprint density at radius 1 is 1.39 bits per heavy atom. The molecule has 1 aromatic rings. The van der Waals surface area contributed by atoms with E-state index in [1.54, 1.807) is 7.05 Å². The van der Waals surface area contributed by atoms with Crippen molar-refractivity contribution in [2.45, 2.75) is 31.9 Å². The van der Waals surface area contributed by atoms with Crippen LogP contribution in [-0.2, 0) is 0 Å². The predicted octanol–water partition coefficient (Wildman–Crippen LogP) is 1.85. The summed E-state index contributed by atoms with van der Waals surface area (Å²) in [5.41, 5.74) is 0.847. The number of benzene rings is 1. The molecule has 1 aliphatic heterocycles. The van der Waals surface area contributed by atoms with Crippen LogP contribution in [0.1, 0.15) is 24.8 Å². The third kappa shape index (κ3) is 4.90. The van der Waals surface area contributed by atoms with Gasteiger partial charge in [0.05, 0.1) is 6.61 Å². The zero-order valence-corrected chi connectivity index (χ0v) is 13.6. The summed E-state index contributed by atoms with van der Waals surface area (Å²) >= 11 is 0. The van der Waals surface area contributed by atoms with E-state index in [2.05, 4.69) is 11.1 Å². The van der Waals surface area contributed by atoms with Crippen molar-refractivity contribution in [3.8, 4) is 11.7 Å². The molecule has 23 heavy (non-hydrogen) atoms. The van der Waals surface area contributed by atoms with E-state index in [9.17, 15) is 0 Å². The zero-order chi connectivity index (χ0) is 16.7. The second-order valence-electron chi connectivity index (χ2n) is 6.07. The monoisotopic (exact) mass is 313 g/mol. The van der Waals surface area contributed by atoms with Crippen LogP contribution >= 0.6 is 0 Å². The second-order valence-corrected chi connectivity index (χ2v) is 6.07. The van der Waals surface area contributed by atoms with Gasteiger partial charge in [0.15, 0.2) is 5.84 Å². The van der Waals surface area contributed by atoms with Crippen LogP contribution in [0.25, 0.3) is 0 Å². The van der Waals surface area contributed by atoms with E-state index in [-0.39, 0.29) is 6.71 Å². The minimum absolute atomic E-state index is 0.263. The van der Waals surface area contributed by atoms with Gasteiger partial charge >= 0.3 is 0 Å². The van der Waals surface area contributed by atoms with E-state index in [4.69, 9.17) is 21.7 Å². The topological polar surface area (TPSA) is 101 Å². The van der Waals surface area contributed by atoms with Gasteiger partial charge in [0, 0.05) is 18.6 Å². The number of hydrogen-bond donors (Lipinski definition) is 2. The summed E-state index contributed by atoms with van der Waals surface area (Å²) in [4.78, 5) is 0. The van der Waals surface area contributed by atoms with Crippen LogP contribution in [0.15, 0.2) is 29.4 Å². The number of nitrogens with zero attached hydrogens (tertiary/aromatic N) is 3. The van der Waals surface area contributed by atoms with Crippen LogP contribution in [0.2, 0.25) is 12.6 Å². The molecule has 1 heterocycles. The van der Waals surface area contributed by atoms with Gasteiger partial charge in [-0.05, 0) is 36.6 Å². The van der Waals surface area contributed by atoms with Crippen molar-refractivity contribution in [1.29, 1.82) is 5.26 Å². The molecule has 0 spiro atoms. The summed E-state index contributed by atoms with van der Waals surface area (Å²) in [6.45, 7) is 0.967. The van der Waals surface area contributed by atoms with Crippen molar-refractivity contribution < 1.29 is 4.74 Å². The van der Waals surface area contributed by atoms with E-state index in [1.165, 1.54) is 5.01 Å². The smallest absolute Gasteiger partial charge is 0.267 e. The van der Waals surface area contributed by atoms with Crippen LogP contribution < -0.4 is 16.4 Å². The lowest BCUT2D eigenvalue weighted by Gasteiger charge is -2.23. The van der Waals surface area contributed by atoms with Crippen LogP contribution in [0, 0.1) is 17.1 Å². The number of rotatable bonds is 5. The third-order valence-electron chi connectivity index (χ3n) is 4.39. The molecule has 7 heteroatoms. The fourth-order valence-corrected chi connectivity index (χ4v) is 2.99. The highest BCUT2D eigenvalue weighted by molar-refractivity contribution is 6.67. The first-order valence-corrected chi connectivity index (χ1v) is 8.03. The van der Waals surface area contributed by atoms with E-state index >= 15 is 0 Å². The molecule has 2 rings (SSSR count). The largest absolute Gasteiger partial charge is 0.494 e. The molecule has 0 aliphatic carbocycles. The van der Waals surface area contributed by atoms with Crippen molar-refractivity contribution >= 4 is 12.5 Å². The van der Waals surface area contributed by atoms with Gasteiger partial charge in [0.2, 0.25) is 0 Å². The predicted molar refractivity (Wildman–Crippen MR) is 92.9 cm³/mol. The number of amidine groups is 1. The Morgan fingerprint density at radius 3 is 2.57 bits per heavy atom. The molecule has 0 saturated carbocycles. The molecule has 0 unspecified atom stereocenters. The molecule has 0 atom stereocenters. The molecule has 1 aromatic carbocycles. The average molecular weight is 313 g/mol. The molecule has 1 aliphatic rings. The number of ether oxygens (including phenoxy) is 1. The summed E-state index contributed by atoms with van der Waals surface area (Å²) < 4.78 is 5.81. The second kappa shape index (κ2) is 8.44. The Kier molecular flexibility index (Phi) is 6.30. The molecule has 0 bridgehead atoms. The highest BCUT2D eigenvalue weighted by Crippen LogP contribution is 2.27. The quantitative estimate of drug-likeness (QED) is 0.284. The number of nitrogens with two attached hydrogens (primary N) is 2. The highest BCUT2D eigenvalue weighted by Gasteiger charge is 2.23. The minimum atomic E-state index is 0.263. The third-order valence-corrected chi connectivity index (χ3v) is 4.39. The summed E-state index contributed by atoms with van der Waals surface area (Å²) in [6, 6.07) is 7.58. The van der Waals surface area contributed by atoms with Crippen molar-refractivity contribution in [3.63, 3.8) is 0 Å². The van der Waals surface area contributed by atoms with Gasteiger partial charge in [-0.2, -0.15) is 5.10 Å².